The van der Waals surface area contributed by atoms with Gasteiger partial charge in [-0.05, 0) is 18.9 Å². The fraction of sp³-hybridized carbons (Fsp3) is 0.357. The lowest BCUT2D eigenvalue weighted by Crippen LogP contribution is -2.14. The SMILES string of the molecule is COc1ccc(NC(=O)c2nc(C)sc2C(C)C)cn1. The van der Waals surface area contributed by atoms with Crippen LogP contribution in [0.15, 0.2) is 18.3 Å². The first-order valence-electron chi connectivity index (χ1n) is 6.30. The highest BCUT2D eigenvalue weighted by molar-refractivity contribution is 7.12. The van der Waals surface area contributed by atoms with E-state index >= 15 is 0 Å². The second-order valence-corrected chi connectivity index (χ2v) is 5.88. The van der Waals surface area contributed by atoms with Gasteiger partial charge in [0.05, 0.1) is 24.0 Å². The van der Waals surface area contributed by atoms with Crippen LogP contribution in [-0.4, -0.2) is 23.0 Å². The van der Waals surface area contributed by atoms with Crippen molar-refractivity contribution in [3.8, 4) is 5.88 Å². The number of anilines is 1. The largest absolute Gasteiger partial charge is 0.481 e. The van der Waals surface area contributed by atoms with Crippen molar-refractivity contribution in [2.45, 2.75) is 26.7 Å². The number of thiazole rings is 1. The summed E-state index contributed by atoms with van der Waals surface area (Å²) in [6.07, 6.45) is 1.56. The van der Waals surface area contributed by atoms with Crippen molar-refractivity contribution in [3.05, 3.63) is 33.9 Å². The van der Waals surface area contributed by atoms with Gasteiger partial charge in [-0.25, -0.2) is 9.97 Å². The number of rotatable bonds is 4. The van der Waals surface area contributed by atoms with Gasteiger partial charge < -0.3 is 10.1 Å². The van der Waals surface area contributed by atoms with Gasteiger partial charge in [-0.1, -0.05) is 13.8 Å². The van der Waals surface area contributed by atoms with Gasteiger partial charge in [0.15, 0.2) is 0 Å². The summed E-state index contributed by atoms with van der Waals surface area (Å²) in [5.41, 5.74) is 1.12. The van der Waals surface area contributed by atoms with Crippen LogP contribution in [0.5, 0.6) is 5.88 Å². The fourth-order valence-electron chi connectivity index (χ4n) is 1.76. The predicted octanol–water partition coefficient (Wildman–Crippen LogP) is 3.23. The van der Waals surface area contributed by atoms with Crippen molar-refractivity contribution in [1.82, 2.24) is 9.97 Å². The molecule has 0 unspecified atom stereocenters. The lowest BCUT2D eigenvalue weighted by molar-refractivity contribution is 0.102. The second kappa shape index (κ2) is 6.00. The van der Waals surface area contributed by atoms with Crippen LogP contribution in [0.25, 0.3) is 0 Å². The predicted molar refractivity (Wildman–Crippen MR) is 79.7 cm³/mol. The van der Waals surface area contributed by atoms with E-state index in [0.717, 1.165) is 9.88 Å². The molecule has 0 aliphatic carbocycles. The van der Waals surface area contributed by atoms with Gasteiger partial charge >= 0.3 is 0 Å². The van der Waals surface area contributed by atoms with Gasteiger partial charge in [-0.3, -0.25) is 4.79 Å². The summed E-state index contributed by atoms with van der Waals surface area (Å²) in [5.74, 6) is 0.580. The summed E-state index contributed by atoms with van der Waals surface area (Å²) in [6.45, 7) is 6.01. The Labute approximate surface area is 122 Å². The summed E-state index contributed by atoms with van der Waals surface area (Å²) < 4.78 is 4.98. The summed E-state index contributed by atoms with van der Waals surface area (Å²) in [6, 6.07) is 3.45. The van der Waals surface area contributed by atoms with Crippen LogP contribution >= 0.6 is 11.3 Å². The Morgan fingerprint density at radius 3 is 2.70 bits per heavy atom. The average Bonchev–Trinajstić information content (AvgIpc) is 2.82. The third kappa shape index (κ3) is 3.14. The first-order valence-corrected chi connectivity index (χ1v) is 7.11. The Kier molecular flexibility index (Phi) is 4.34. The van der Waals surface area contributed by atoms with Crippen molar-refractivity contribution >= 4 is 22.9 Å². The zero-order valence-corrected chi connectivity index (χ0v) is 12.7. The molecular weight excluding hydrogens is 274 g/mol. The van der Waals surface area contributed by atoms with Crippen molar-refractivity contribution in [3.63, 3.8) is 0 Å². The van der Waals surface area contributed by atoms with E-state index in [2.05, 4.69) is 29.1 Å². The lowest BCUT2D eigenvalue weighted by Gasteiger charge is -2.07. The molecule has 0 saturated heterocycles. The van der Waals surface area contributed by atoms with E-state index in [1.54, 1.807) is 36.8 Å². The molecule has 20 heavy (non-hydrogen) atoms. The van der Waals surface area contributed by atoms with Gasteiger partial charge in [-0.15, -0.1) is 11.3 Å². The molecular formula is C14H17N3O2S. The highest BCUT2D eigenvalue weighted by Gasteiger charge is 2.19. The summed E-state index contributed by atoms with van der Waals surface area (Å²) in [4.78, 5) is 21.7. The zero-order valence-electron chi connectivity index (χ0n) is 11.9. The van der Waals surface area contributed by atoms with Gasteiger partial charge in [0, 0.05) is 10.9 Å². The van der Waals surface area contributed by atoms with Crippen LogP contribution in [-0.2, 0) is 0 Å². The van der Waals surface area contributed by atoms with E-state index < -0.39 is 0 Å². The van der Waals surface area contributed by atoms with Crippen LogP contribution in [0, 0.1) is 6.92 Å². The standard InChI is InChI=1S/C14H17N3O2S/c1-8(2)13-12(16-9(3)20-13)14(18)17-10-5-6-11(19-4)15-7-10/h5-8H,1-4H3,(H,17,18). The topological polar surface area (TPSA) is 64.1 Å². The maximum atomic E-state index is 12.3. The molecule has 2 aromatic heterocycles. The normalized spacial score (nSPS) is 10.7. The highest BCUT2D eigenvalue weighted by Crippen LogP contribution is 2.27. The number of ether oxygens (including phenoxy) is 1. The van der Waals surface area contributed by atoms with Crippen molar-refractivity contribution < 1.29 is 9.53 Å². The molecule has 0 bridgehead atoms. The fourth-order valence-corrected chi connectivity index (χ4v) is 2.69. The molecule has 5 nitrogen and oxygen atoms in total. The minimum absolute atomic E-state index is 0.204. The van der Waals surface area contributed by atoms with E-state index in [9.17, 15) is 4.79 Å². The number of carbonyl (C=O) groups excluding carboxylic acids is 1. The minimum Gasteiger partial charge on any atom is -0.481 e. The number of carbonyl (C=O) groups is 1. The molecule has 0 atom stereocenters. The lowest BCUT2D eigenvalue weighted by atomic mass is 10.1. The van der Waals surface area contributed by atoms with Gasteiger partial charge in [0.1, 0.15) is 5.69 Å². The van der Waals surface area contributed by atoms with Crippen molar-refractivity contribution in [2.75, 3.05) is 12.4 Å². The molecule has 0 aromatic carbocycles. The third-order valence-electron chi connectivity index (χ3n) is 2.70. The van der Waals surface area contributed by atoms with Crippen LogP contribution < -0.4 is 10.1 Å². The number of nitrogens with zero attached hydrogens (tertiary/aromatic N) is 2. The molecule has 2 aromatic rings. The molecule has 1 N–H and O–H groups in total. The molecule has 0 aliphatic heterocycles. The summed E-state index contributed by atoms with van der Waals surface area (Å²) in [7, 11) is 1.55. The van der Waals surface area contributed by atoms with E-state index in [0.29, 0.717) is 17.3 Å². The monoisotopic (exact) mass is 291 g/mol. The Hall–Kier alpha value is -1.95. The van der Waals surface area contributed by atoms with Crippen molar-refractivity contribution in [2.24, 2.45) is 0 Å². The minimum atomic E-state index is -0.204. The molecule has 2 heterocycles. The smallest absolute Gasteiger partial charge is 0.275 e. The summed E-state index contributed by atoms with van der Waals surface area (Å²) in [5, 5.41) is 3.70. The number of amides is 1. The number of aryl methyl sites for hydroxylation is 1. The van der Waals surface area contributed by atoms with E-state index in [1.165, 1.54) is 0 Å². The second-order valence-electron chi connectivity index (χ2n) is 4.64. The van der Waals surface area contributed by atoms with Crippen LogP contribution in [0.4, 0.5) is 5.69 Å². The van der Waals surface area contributed by atoms with Crippen LogP contribution in [0.2, 0.25) is 0 Å². The summed E-state index contributed by atoms with van der Waals surface area (Å²) >= 11 is 1.56. The van der Waals surface area contributed by atoms with Gasteiger partial charge in [-0.2, -0.15) is 0 Å². The Morgan fingerprint density at radius 1 is 1.40 bits per heavy atom. The van der Waals surface area contributed by atoms with Gasteiger partial charge in [0.25, 0.3) is 5.91 Å². The quantitative estimate of drug-likeness (QED) is 0.939. The van der Waals surface area contributed by atoms with Gasteiger partial charge in [0.2, 0.25) is 5.88 Å². The highest BCUT2D eigenvalue weighted by atomic mass is 32.1. The molecule has 0 fully saturated rings. The van der Waals surface area contributed by atoms with E-state index in [-0.39, 0.29) is 11.8 Å². The number of hydrogen-bond acceptors (Lipinski definition) is 5. The first-order chi connectivity index (χ1) is 9.51. The molecule has 0 saturated carbocycles. The number of pyridine rings is 1. The average molecular weight is 291 g/mol. The Bertz CT molecular complexity index is 605. The molecule has 1 amide bonds. The third-order valence-corrected chi connectivity index (χ3v) is 3.97. The van der Waals surface area contributed by atoms with Crippen molar-refractivity contribution in [1.29, 1.82) is 0 Å². The van der Waals surface area contributed by atoms with E-state index in [4.69, 9.17) is 4.74 Å². The molecule has 106 valence electrons. The molecule has 0 aliphatic rings. The maximum absolute atomic E-state index is 12.3. The van der Waals surface area contributed by atoms with Crippen LogP contribution in [0.1, 0.15) is 40.1 Å². The zero-order chi connectivity index (χ0) is 14.7. The Morgan fingerprint density at radius 2 is 2.15 bits per heavy atom. The Balaban J connectivity index is 2.19. The number of nitrogens with one attached hydrogen (secondary N) is 1. The number of methoxy groups -OCH3 is 1. The molecule has 2 rings (SSSR count). The molecule has 0 radical (unpaired) electrons. The molecule has 6 heteroatoms. The first kappa shape index (κ1) is 14.5. The van der Waals surface area contributed by atoms with Crippen LogP contribution in [0.3, 0.4) is 0 Å². The number of aromatic nitrogens is 2. The molecule has 0 spiro atoms. The maximum Gasteiger partial charge on any atom is 0.275 e. The number of hydrogen-bond donors (Lipinski definition) is 1. The van der Waals surface area contributed by atoms with E-state index in [1.807, 2.05) is 6.92 Å².